The first-order valence-electron chi connectivity index (χ1n) is 7.32. The molecule has 0 fully saturated rings. The molecule has 0 radical (unpaired) electrons. The number of pyridine rings is 1. The van der Waals surface area contributed by atoms with Crippen LogP contribution >= 0.6 is 0 Å². The van der Waals surface area contributed by atoms with E-state index >= 15 is 0 Å². The van der Waals surface area contributed by atoms with Gasteiger partial charge in [0.1, 0.15) is 0 Å². The number of hydrogen-bond acceptors (Lipinski definition) is 2. The van der Waals surface area contributed by atoms with Crippen LogP contribution in [0.1, 0.15) is 48.1 Å². The van der Waals surface area contributed by atoms with Crippen LogP contribution in [-0.4, -0.2) is 10.1 Å². The number of aliphatic hydroxyl groups is 1. The highest BCUT2D eigenvalue weighted by Gasteiger charge is 2.38. The highest BCUT2D eigenvalue weighted by atomic mass is 16.3. The Hall–Kier alpha value is -1.67. The number of hydrogen-bond donors (Lipinski definition) is 1. The SMILES string of the molecule is Cc1ccc(C(C)(O)C2CCCc3cccnc32)cc1. The van der Waals surface area contributed by atoms with E-state index in [9.17, 15) is 5.11 Å². The average molecular weight is 267 g/mol. The maximum absolute atomic E-state index is 11.1. The zero-order chi connectivity index (χ0) is 14.2. The summed E-state index contributed by atoms with van der Waals surface area (Å²) in [5.74, 6) is 0.0788. The molecule has 1 aliphatic rings. The number of benzene rings is 1. The van der Waals surface area contributed by atoms with Crippen molar-refractivity contribution >= 4 is 0 Å². The second-order valence-electron chi connectivity index (χ2n) is 6.01. The third kappa shape index (κ3) is 2.25. The molecular formula is C18H21NO. The molecule has 0 saturated heterocycles. The number of aromatic nitrogens is 1. The van der Waals surface area contributed by atoms with Crippen molar-refractivity contribution in [3.63, 3.8) is 0 Å². The van der Waals surface area contributed by atoms with Gasteiger partial charge in [-0.05, 0) is 50.3 Å². The summed E-state index contributed by atoms with van der Waals surface area (Å²) in [4.78, 5) is 4.55. The van der Waals surface area contributed by atoms with Gasteiger partial charge in [0.2, 0.25) is 0 Å². The quantitative estimate of drug-likeness (QED) is 0.899. The lowest BCUT2D eigenvalue weighted by atomic mass is 9.73. The van der Waals surface area contributed by atoms with Crippen molar-refractivity contribution in [1.82, 2.24) is 4.98 Å². The molecule has 1 aromatic carbocycles. The average Bonchev–Trinajstić information content (AvgIpc) is 2.47. The highest BCUT2D eigenvalue weighted by Crippen LogP contribution is 2.43. The third-order valence-corrected chi connectivity index (χ3v) is 4.51. The van der Waals surface area contributed by atoms with Gasteiger partial charge in [-0.2, -0.15) is 0 Å². The van der Waals surface area contributed by atoms with Gasteiger partial charge >= 0.3 is 0 Å². The molecule has 0 spiro atoms. The molecule has 1 heterocycles. The summed E-state index contributed by atoms with van der Waals surface area (Å²) in [5.41, 5.74) is 3.69. The smallest absolute Gasteiger partial charge is 0.0951 e. The summed E-state index contributed by atoms with van der Waals surface area (Å²) < 4.78 is 0. The van der Waals surface area contributed by atoms with Crippen molar-refractivity contribution in [1.29, 1.82) is 0 Å². The summed E-state index contributed by atoms with van der Waals surface area (Å²) >= 11 is 0. The van der Waals surface area contributed by atoms with E-state index in [1.54, 1.807) is 0 Å². The lowest BCUT2D eigenvalue weighted by Crippen LogP contribution is -2.33. The molecule has 2 atom stereocenters. The van der Waals surface area contributed by atoms with E-state index in [1.807, 2.05) is 31.3 Å². The minimum Gasteiger partial charge on any atom is -0.385 e. The van der Waals surface area contributed by atoms with E-state index in [4.69, 9.17) is 0 Å². The van der Waals surface area contributed by atoms with Gasteiger partial charge in [0, 0.05) is 17.8 Å². The van der Waals surface area contributed by atoms with Gasteiger partial charge in [-0.3, -0.25) is 4.98 Å². The van der Waals surface area contributed by atoms with Crippen LogP contribution in [0, 0.1) is 6.92 Å². The van der Waals surface area contributed by atoms with Gasteiger partial charge in [-0.25, -0.2) is 0 Å². The maximum Gasteiger partial charge on any atom is 0.0951 e. The Labute approximate surface area is 120 Å². The Morgan fingerprint density at radius 3 is 2.70 bits per heavy atom. The van der Waals surface area contributed by atoms with Crippen molar-refractivity contribution in [3.05, 3.63) is 65.0 Å². The van der Waals surface area contributed by atoms with Gasteiger partial charge in [-0.15, -0.1) is 0 Å². The number of nitrogens with zero attached hydrogens (tertiary/aromatic N) is 1. The fourth-order valence-corrected chi connectivity index (χ4v) is 3.25. The molecule has 0 amide bonds. The van der Waals surface area contributed by atoms with Crippen molar-refractivity contribution in [2.24, 2.45) is 0 Å². The first-order valence-corrected chi connectivity index (χ1v) is 7.32. The van der Waals surface area contributed by atoms with Gasteiger partial charge < -0.3 is 5.11 Å². The summed E-state index contributed by atoms with van der Waals surface area (Å²) in [5, 5.41) is 11.1. The molecule has 2 nitrogen and oxygen atoms in total. The minimum atomic E-state index is -0.864. The first-order chi connectivity index (χ1) is 9.59. The molecule has 1 aliphatic carbocycles. The molecule has 2 heteroatoms. The van der Waals surface area contributed by atoms with E-state index in [0.717, 1.165) is 30.5 Å². The topological polar surface area (TPSA) is 33.1 Å². The minimum absolute atomic E-state index is 0.0788. The molecule has 1 aromatic heterocycles. The van der Waals surface area contributed by atoms with Crippen LogP contribution in [0.2, 0.25) is 0 Å². The Morgan fingerprint density at radius 1 is 1.20 bits per heavy atom. The lowest BCUT2D eigenvalue weighted by Gasteiger charge is -2.36. The molecule has 0 bridgehead atoms. The fourth-order valence-electron chi connectivity index (χ4n) is 3.25. The fraction of sp³-hybridized carbons (Fsp3) is 0.389. The summed E-state index contributed by atoms with van der Waals surface area (Å²) in [7, 11) is 0. The van der Waals surface area contributed by atoms with Crippen LogP contribution in [0.25, 0.3) is 0 Å². The van der Waals surface area contributed by atoms with E-state index in [2.05, 4.69) is 30.1 Å². The first kappa shape index (κ1) is 13.3. The molecule has 1 N–H and O–H groups in total. The molecule has 2 unspecified atom stereocenters. The van der Waals surface area contributed by atoms with E-state index in [1.165, 1.54) is 11.1 Å². The molecule has 3 rings (SSSR count). The van der Waals surface area contributed by atoms with Crippen LogP contribution in [0.3, 0.4) is 0 Å². The van der Waals surface area contributed by atoms with Gasteiger partial charge in [-0.1, -0.05) is 35.9 Å². The number of rotatable bonds is 2. The molecular weight excluding hydrogens is 246 g/mol. The van der Waals surface area contributed by atoms with Crippen LogP contribution < -0.4 is 0 Å². The van der Waals surface area contributed by atoms with Crippen LogP contribution in [0.5, 0.6) is 0 Å². The Kier molecular flexibility index (Phi) is 3.35. The monoisotopic (exact) mass is 267 g/mol. The zero-order valence-electron chi connectivity index (χ0n) is 12.1. The van der Waals surface area contributed by atoms with Gasteiger partial charge in [0.15, 0.2) is 0 Å². The predicted molar refractivity (Wildman–Crippen MR) is 80.7 cm³/mol. The number of aryl methyl sites for hydroxylation is 2. The molecule has 20 heavy (non-hydrogen) atoms. The third-order valence-electron chi connectivity index (χ3n) is 4.51. The Balaban J connectivity index is 2.02. The van der Waals surface area contributed by atoms with Crippen LogP contribution in [0.15, 0.2) is 42.6 Å². The summed E-state index contributed by atoms with van der Waals surface area (Å²) in [6, 6.07) is 12.3. The maximum atomic E-state index is 11.1. The normalized spacial score (nSPS) is 21.1. The molecule has 104 valence electrons. The largest absolute Gasteiger partial charge is 0.385 e. The molecule has 0 aliphatic heterocycles. The van der Waals surface area contributed by atoms with Crippen molar-refractivity contribution in [2.45, 2.75) is 44.6 Å². The van der Waals surface area contributed by atoms with Gasteiger partial charge in [0.05, 0.1) is 5.60 Å². The molecule has 2 aromatic rings. The zero-order valence-corrected chi connectivity index (χ0v) is 12.1. The van der Waals surface area contributed by atoms with E-state index in [0.29, 0.717) is 0 Å². The van der Waals surface area contributed by atoms with Gasteiger partial charge in [0.25, 0.3) is 0 Å². The second kappa shape index (κ2) is 5.02. The Morgan fingerprint density at radius 2 is 1.95 bits per heavy atom. The van der Waals surface area contributed by atoms with Crippen LogP contribution in [-0.2, 0) is 12.0 Å². The number of fused-ring (bicyclic) bond motifs is 1. The van der Waals surface area contributed by atoms with Crippen molar-refractivity contribution in [2.75, 3.05) is 0 Å². The standard InChI is InChI=1S/C18H21NO/c1-13-8-10-15(11-9-13)18(2,20)16-7-3-5-14-6-4-12-19-17(14)16/h4,6,8-12,16,20H,3,5,7H2,1-2H3. The Bertz CT molecular complexity index is 601. The van der Waals surface area contributed by atoms with Crippen molar-refractivity contribution in [3.8, 4) is 0 Å². The van der Waals surface area contributed by atoms with Crippen molar-refractivity contribution < 1.29 is 5.11 Å². The molecule has 0 saturated carbocycles. The summed E-state index contributed by atoms with van der Waals surface area (Å²) in [6.45, 7) is 3.99. The van der Waals surface area contributed by atoms with E-state index < -0.39 is 5.60 Å². The lowest BCUT2D eigenvalue weighted by molar-refractivity contribution is 0.0189. The predicted octanol–water partition coefficient (Wildman–Crippen LogP) is 3.72. The summed E-state index contributed by atoms with van der Waals surface area (Å²) in [6.07, 6.45) is 5.02. The van der Waals surface area contributed by atoms with Crippen LogP contribution in [0.4, 0.5) is 0 Å². The highest BCUT2D eigenvalue weighted by molar-refractivity contribution is 5.34. The second-order valence-corrected chi connectivity index (χ2v) is 6.01. The van der Waals surface area contributed by atoms with E-state index in [-0.39, 0.29) is 5.92 Å².